The summed E-state index contributed by atoms with van der Waals surface area (Å²) in [5, 5.41) is 6.92. The zero-order valence-corrected chi connectivity index (χ0v) is 19.3. The van der Waals surface area contributed by atoms with E-state index in [9.17, 15) is 0 Å². The van der Waals surface area contributed by atoms with Gasteiger partial charge in [-0.25, -0.2) is 0 Å². The summed E-state index contributed by atoms with van der Waals surface area (Å²) in [6.45, 7) is 4.72. The van der Waals surface area contributed by atoms with Crippen molar-refractivity contribution >= 4 is 41.3 Å². The molecule has 0 saturated carbocycles. The summed E-state index contributed by atoms with van der Waals surface area (Å²) < 4.78 is 6.09. The number of thiophene rings is 1. The quantitative estimate of drug-likeness (QED) is 0.342. The average molecular weight is 499 g/mol. The number of aryl methyl sites for hydroxylation is 1. The fourth-order valence-electron chi connectivity index (χ4n) is 3.39. The molecule has 1 fully saturated rings. The number of ether oxygens (including phenoxy) is 1. The van der Waals surface area contributed by atoms with E-state index in [-0.39, 0.29) is 30.1 Å². The molecule has 0 aliphatic carbocycles. The molecular formula is C21H30IN3OS. The summed E-state index contributed by atoms with van der Waals surface area (Å²) >= 11 is 1.86. The molecule has 0 spiro atoms. The largest absolute Gasteiger partial charge is 0.373 e. The van der Waals surface area contributed by atoms with Crippen LogP contribution in [0.2, 0.25) is 0 Å². The van der Waals surface area contributed by atoms with Gasteiger partial charge in [-0.3, -0.25) is 4.99 Å². The van der Waals surface area contributed by atoms with Crippen molar-refractivity contribution in [3.63, 3.8) is 0 Å². The Kier molecular flexibility index (Phi) is 9.58. The topological polar surface area (TPSA) is 45.7 Å². The molecule has 2 aromatic rings. The minimum atomic E-state index is 0. The molecule has 1 aliphatic heterocycles. The van der Waals surface area contributed by atoms with Crippen molar-refractivity contribution < 1.29 is 4.74 Å². The highest BCUT2D eigenvalue weighted by atomic mass is 127. The maximum absolute atomic E-state index is 6.09. The number of nitrogens with one attached hydrogen (secondary N) is 2. The van der Waals surface area contributed by atoms with E-state index >= 15 is 0 Å². The Morgan fingerprint density at radius 3 is 2.63 bits per heavy atom. The van der Waals surface area contributed by atoms with Gasteiger partial charge in [0.2, 0.25) is 0 Å². The van der Waals surface area contributed by atoms with E-state index in [1.54, 1.807) is 0 Å². The Hall–Kier alpha value is -1.12. The van der Waals surface area contributed by atoms with E-state index in [1.807, 2.05) is 18.4 Å². The number of guanidine groups is 1. The van der Waals surface area contributed by atoms with Gasteiger partial charge in [-0.2, -0.15) is 0 Å². The summed E-state index contributed by atoms with van der Waals surface area (Å²) in [6, 6.07) is 15.0. The van der Waals surface area contributed by atoms with Crippen LogP contribution in [-0.4, -0.2) is 26.2 Å². The summed E-state index contributed by atoms with van der Waals surface area (Å²) in [5.74, 6) is 1.31. The maximum Gasteiger partial charge on any atom is 0.191 e. The van der Waals surface area contributed by atoms with Crippen molar-refractivity contribution in [3.05, 3.63) is 57.8 Å². The molecule has 148 valence electrons. The van der Waals surface area contributed by atoms with Crippen LogP contribution >= 0.6 is 35.3 Å². The zero-order chi connectivity index (χ0) is 18.2. The van der Waals surface area contributed by atoms with Gasteiger partial charge in [0.05, 0.1) is 12.6 Å². The first-order valence-corrected chi connectivity index (χ1v) is 10.3. The smallest absolute Gasteiger partial charge is 0.191 e. The lowest BCUT2D eigenvalue weighted by atomic mass is 9.89. The first kappa shape index (κ1) is 22.2. The van der Waals surface area contributed by atoms with Crippen LogP contribution in [0.3, 0.4) is 0 Å². The van der Waals surface area contributed by atoms with Crippen molar-refractivity contribution in [3.8, 4) is 0 Å². The minimum Gasteiger partial charge on any atom is -0.373 e. The Morgan fingerprint density at radius 2 is 1.93 bits per heavy atom. The van der Waals surface area contributed by atoms with Crippen LogP contribution in [-0.2, 0) is 17.7 Å². The summed E-state index contributed by atoms with van der Waals surface area (Å²) in [4.78, 5) is 7.14. The molecule has 2 heterocycles. The summed E-state index contributed by atoms with van der Waals surface area (Å²) in [5.41, 5.74) is 1.27. The third-order valence-corrected chi connectivity index (χ3v) is 6.05. The van der Waals surface area contributed by atoms with Gasteiger partial charge in [0.25, 0.3) is 0 Å². The standard InChI is InChI=1S/C21H29N3OS.HI/c1-3-18-11-12-19(26-18)15-24-21(22-2)23-14-17-10-7-13-25-20(17)16-8-5-4-6-9-16;/h4-6,8-9,11-12,17,20H,3,7,10,13-15H2,1-2H3,(H2,22,23,24);1H. The van der Waals surface area contributed by atoms with Crippen molar-refractivity contribution in [1.29, 1.82) is 0 Å². The first-order chi connectivity index (χ1) is 12.8. The van der Waals surface area contributed by atoms with Crippen molar-refractivity contribution in [2.75, 3.05) is 20.2 Å². The van der Waals surface area contributed by atoms with Gasteiger partial charge in [0.1, 0.15) is 0 Å². The number of rotatable bonds is 6. The second-order valence-electron chi connectivity index (χ2n) is 6.63. The molecule has 27 heavy (non-hydrogen) atoms. The van der Waals surface area contributed by atoms with Crippen LogP contribution < -0.4 is 10.6 Å². The van der Waals surface area contributed by atoms with E-state index < -0.39 is 0 Å². The Labute approximate surface area is 183 Å². The maximum atomic E-state index is 6.09. The predicted molar refractivity (Wildman–Crippen MR) is 125 cm³/mol. The highest BCUT2D eigenvalue weighted by molar-refractivity contribution is 14.0. The molecule has 0 radical (unpaired) electrons. The molecule has 2 unspecified atom stereocenters. The summed E-state index contributed by atoms with van der Waals surface area (Å²) in [6.07, 6.45) is 3.56. The van der Waals surface area contributed by atoms with E-state index in [1.165, 1.54) is 21.7 Å². The lowest BCUT2D eigenvalue weighted by molar-refractivity contribution is -0.0265. The minimum absolute atomic E-state index is 0. The van der Waals surface area contributed by atoms with E-state index in [4.69, 9.17) is 4.74 Å². The molecule has 1 saturated heterocycles. The summed E-state index contributed by atoms with van der Waals surface area (Å²) in [7, 11) is 1.83. The predicted octanol–water partition coefficient (Wildman–Crippen LogP) is 4.76. The van der Waals surface area contributed by atoms with Gasteiger partial charge in [-0.15, -0.1) is 35.3 Å². The molecule has 2 N–H and O–H groups in total. The third-order valence-electron chi connectivity index (χ3n) is 4.82. The van der Waals surface area contributed by atoms with E-state index in [0.717, 1.165) is 38.5 Å². The molecule has 1 aromatic heterocycles. The number of nitrogens with zero attached hydrogens (tertiary/aromatic N) is 1. The van der Waals surface area contributed by atoms with Gasteiger partial charge in [-0.1, -0.05) is 37.3 Å². The molecule has 2 atom stereocenters. The Balaban J connectivity index is 0.00000261. The van der Waals surface area contributed by atoms with Crippen LogP contribution in [0.4, 0.5) is 0 Å². The van der Waals surface area contributed by atoms with E-state index in [2.05, 4.69) is 65.0 Å². The van der Waals surface area contributed by atoms with Crippen LogP contribution in [0.15, 0.2) is 47.5 Å². The molecule has 1 aliphatic rings. The van der Waals surface area contributed by atoms with Gasteiger partial charge < -0.3 is 15.4 Å². The number of benzene rings is 1. The fraction of sp³-hybridized carbons (Fsp3) is 0.476. The number of hydrogen-bond acceptors (Lipinski definition) is 3. The van der Waals surface area contributed by atoms with Gasteiger partial charge in [-0.05, 0) is 37.0 Å². The second-order valence-corrected chi connectivity index (χ2v) is 7.89. The molecule has 6 heteroatoms. The normalized spacial score (nSPS) is 20.0. The molecule has 4 nitrogen and oxygen atoms in total. The monoisotopic (exact) mass is 499 g/mol. The molecular weight excluding hydrogens is 469 g/mol. The molecule has 0 amide bonds. The van der Waals surface area contributed by atoms with Crippen LogP contribution in [0, 0.1) is 5.92 Å². The second kappa shape index (κ2) is 11.7. The Morgan fingerprint density at radius 1 is 1.15 bits per heavy atom. The van der Waals surface area contributed by atoms with Crippen LogP contribution in [0.25, 0.3) is 0 Å². The zero-order valence-electron chi connectivity index (χ0n) is 16.1. The average Bonchev–Trinajstić information content (AvgIpc) is 3.17. The molecule has 1 aromatic carbocycles. The highest BCUT2D eigenvalue weighted by Crippen LogP contribution is 2.33. The lowest BCUT2D eigenvalue weighted by Crippen LogP contribution is -2.41. The molecule has 0 bridgehead atoms. The van der Waals surface area contributed by atoms with Crippen LogP contribution in [0.1, 0.15) is 41.2 Å². The van der Waals surface area contributed by atoms with Gasteiger partial charge in [0, 0.05) is 35.9 Å². The Bertz CT molecular complexity index is 704. The lowest BCUT2D eigenvalue weighted by Gasteiger charge is -2.32. The number of halogens is 1. The van der Waals surface area contributed by atoms with Crippen molar-refractivity contribution in [2.24, 2.45) is 10.9 Å². The van der Waals surface area contributed by atoms with Gasteiger partial charge in [0.15, 0.2) is 5.96 Å². The number of hydrogen-bond donors (Lipinski definition) is 2. The number of aliphatic imine (C=N–C) groups is 1. The first-order valence-electron chi connectivity index (χ1n) is 9.48. The molecule has 3 rings (SSSR count). The third kappa shape index (κ3) is 6.47. The highest BCUT2D eigenvalue weighted by Gasteiger charge is 2.27. The van der Waals surface area contributed by atoms with Crippen molar-refractivity contribution in [2.45, 2.75) is 38.8 Å². The van der Waals surface area contributed by atoms with E-state index in [0.29, 0.717) is 5.92 Å². The van der Waals surface area contributed by atoms with Crippen molar-refractivity contribution in [1.82, 2.24) is 10.6 Å². The van der Waals surface area contributed by atoms with Crippen LogP contribution in [0.5, 0.6) is 0 Å². The fourth-order valence-corrected chi connectivity index (χ4v) is 4.29. The SMILES string of the molecule is CCc1ccc(CNC(=NC)NCC2CCCOC2c2ccccc2)s1.I. The van der Waals surface area contributed by atoms with Gasteiger partial charge >= 0.3 is 0 Å².